The van der Waals surface area contributed by atoms with E-state index >= 15 is 0 Å². The third-order valence-electron chi connectivity index (χ3n) is 3.78. The fourth-order valence-corrected chi connectivity index (χ4v) is 3.58. The molecule has 4 nitrogen and oxygen atoms in total. The van der Waals surface area contributed by atoms with Crippen molar-refractivity contribution in [3.05, 3.63) is 21.9 Å². The van der Waals surface area contributed by atoms with Crippen LogP contribution in [0.3, 0.4) is 0 Å². The predicted octanol–water partition coefficient (Wildman–Crippen LogP) is 2.12. The van der Waals surface area contributed by atoms with E-state index < -0.39 is 0 Å². The molecular formula is C14H19NO3S. The van der Waals surface area contributed by atoms with Crippen LogP contribution in [0.2, 0.25) is 0 Å². The van der Waals surface area contributed by atoms with Gasteiger partial charge in [0.1, 0.15) is 0 Å². The summed E-state index contributed by atoms with van der Waals surface area (Å²) in [6, 6.07) is 4.08. The number of thiophene rings is 1. The summed E-state index contributed by atoms with van der Waals surface area (Å²) in [7, 11) is 0. The van der Waals surface area contributed by atoms with E-state index in [1.54, 1.807) is 0 Å². The number of rotatable bonds is 2. The number of ether oxygens (including phenoxy) is 2. The summed E-state index contributed by atoms with van der Waals surface area (Å²) < 4.78 is 11.4. The molecule has 0 aromatic carbocycles. The molecule has 5 heteroatoms. The zero-order valence-corrected chi connectivity index (χ0v) is 11.9. The highest BCUT2D eigenvalue weighted by Gasteiger charge is 2.34. The van der Waals surface area contributed by atoms with Crippen LogP contribution in [-0.4, -0.2) is 37.4 Å². The van der Waals surface area contributed by atoms with Gasteiger partial charge in [-0.15, -0.1) is 11.3 Å². The number of fused-ring (bicyclic) bond motifs is 1. The SMILES string of the molecule is Cc1ccc(C(=O)N[C@@H]2CC[C@@H]3OCCO[C@H]3C2)s1. The standard InChI is InChI=1S/C14H19NO3S/c1-9-2-5-13(19-9)14(16)15-10-3-4-11-12(8-10)18-7-6-17-11/h2,5,10-12H,3-4,6-8H2,1H3,(H,15,16)/t10-,11+,12+/m1/s1. The second kappa shape index (κ2) is 5.61. The van der Waals surface area contributed by atoms with E-state index in [0.29, 0.717) is 13.2 Å². The summed E-state index contributed by atoms with van der Waals surface area (Å²) in [5.41, 5.74) is 0. The lowest BCUT2D eigenvalue weighted by atomic mass is 9.89. The Morgan fingerprint density at radius 3 is 2.79 bits per heavy atom. The zero-order valence-electron chi connectivity index (χ0n) is 11.1. The molecule has 0 unspecified atom stereocenters. The first-order chi connectivity index (χ1) is 9.22. The van der Waals surface area contributed by atoms with Gasteiger partial charge < -0.3 is 14.8 Å². The van der Waals surface area contributed by atoms with Crippen LogP contribution in [0.4, 0.5) is 0 Å². The van der Waals surface area contributed by atoms with Gasteiger partial charge in [0.25, 0.3) is 5.91 Å². The molecule has 3 rings (SSSR count). The first kappa shape index (κ1) is 13.1. The molecule has 2 heterocycles. The van der Waals surface area contributed by atoms with Crippen LogP contribution in [0, 0.1) is 6.92 Å². The van der Waals surface area contributed by atoms with Crippen LogP contribution in [0.5, 0.6) is 0 Å². The molecule has 1 aliphatic carbocycles. The lowest BCUT2D eigenvalue weighted by Gasteiger charge is -2.39. The highest BCUT2D eigenvalue weighted by molar-refractivity contribution is 7.13. The second-order valence-electron chi connectivity index (χ2n) is 5.21. The van der Waals surface area contributed by atoms with Crippen molar-refractivity contribution in [1.82, 2.24) is 5.32 Å². The number of aryl methyl sites for hydroxylation is 1. The molecule has 19 heavy (non-hydrogen) atoms. The lowest BCUT2D eigenvalue weighted by Crippen LogP contribution is -2.49. The molecule has 1 aliphatic heterocycles. The normalized spacial score (nSPS) is 30.7. The number of nitrogens with one attached hydrogen (secondary N) is 1. The molecule has 1 aromatic heterocycles. The van der Waals surface area contributed by atoms with Gasteiger partial charge in [-0.2, -0.15) is 0 Å². The molecule has 1 saturated carbocycles. The van der Waals surface area contributed by atoms with Gasteiger partial charge in [0.05, 0.1) is 30.3 Å². The molecule has 3 atom stereocenters. The fourth-order valence-electron chi connectivity index (χ4n) is 2.81. The van der Waals surface area contributed by atoms with Crippen molar-refractivity contribution >= 4 is 17.2 Å². The van der Waals surface area contributed by atoms with E-state index in [2.05, 4.69) is 5.32 Å². The van der Waals surface area contributed by atoms with Crippen molar-refractivity contribution in [2.24, 2.45) is 0 Å². The van der Waals surface area contributed by atoms with Gasteiger partial charge in [-0.25, -0.2) is 0 Å². The smallest absolute Gasteiger partial charge is 0.261 e. The number of amides is 1. The minimum absolute atomic E-state index is 0.0401. The molecule has 1 amide bonds. The maximum absolute atomic E-state index is 12.1. The van der Waals surface area contributed by atoms with E-state index in [4.69, 9.17) is 9.47 Å². The number of carbonyl (C=O) groups is 1. The highest BCUT2D eigenvalue weighted by Crippen LogP contribution is 2.27. The maximum Gasteiger partial charge on any atom is 0.261 e. The minimum atomic E-state index is 0.0401. The van der Waals surface area contributed by atoms with Crippen LogP contribution in [0.25, 0.3) is 0 Å². The molecule has 1 N–H and O–H groups in total. The van der Waals surface area contributed by atoms with Gasteiger partial charge in [0.15, 0.2) is 0 Å². The van der Waals surface area contributed by atoms with Crippen LogP contribution < -0.4 is 5.32 Å². The Balaban J connectivity index is 1.57. The molecule has 1 aromatic rings. The van der Waals surface area contributed by atoms with E-state index in [0.717, 1.165) is 29.0 Å². The van der Waals surface area contributed by atoms with Crippen molar-refractivity contribution in [1.29, 1.82) is 0 Å². The van der Waals surface area contributed by atoms with Crippen molar-refractivity contribution in [3.63, 3.8) is 0 Å². The van der Waals surface area contributed by atoms with Gasteiger partial charge in [-0.1, -0.05) is 0 Å². The topological polar surface area (TPSA) is 47.6 Å². The van der Waals surface area contributed by atoms with Gasteiger partial charge in [-0.05, 0) is 38.3 Å². The number of hydrogen-bond donors (Lipinski definition) is 1. The summed E-state index contributed by atoms with van der Waals surface area (Å²) in [5, 5.41) is 3.12. The molecule has 1 saturated heterocycles. The zero-order chi connectivity index (χ0) is 13.2. The second-order valence-corrected chi connectivity index (χ2v) is 6.50. The van der Waals surface area contributed by atoms with E-state index in [1.807, 2.05) is 19.1 Å². The van der Waals surface area contributed by atoms with Gasteiger partial charge in [-0.3, -0.25) is 4.79 Å². The van der Waals surface area contributed by atoms with Gasteiger partial charge >= 0.3 is 0 Å². The Hall–Kier alpha value is -0.910. The number of hydrogen-bond acceptors (Lipinski definition) is 4. The minimum Gasteiger partial charge on any atom is -0.373 e. The summed E-state index contributed by atoms with van der Waals surface area (Å²) in [6.45, 7) is 3.39. The van der Waals surface area contributed by atoms with Crippen LogP contribution >= 0.6 is 11.3 Å². The Morgan fingerprint density at radius 2 is 2.05 bits per heavy atom. The molecular weight excluding hydrogens is 262 g/mol. The Kier molecular flexibility index (Phi) is 3.86. The van der Waals surface area contributed by atoms with Crippen molar-refractivity contribution < 1.29 is 14.3 Å². The van der Waals surface area contributed by atoms with Gasteiger partial charge in [0, 0.05) is 10.9 Å². The lowest BCUT2D eigenvalue weighted by molar-refractivity contribution is -0.157. The largest absolute Gasteiger partial charge is 0.373 e. The van der Waals surface area contributed by atoms with E-state index in [1.165, 1.54) is 11.3 Å². The van der Waals surface area contributed by atoms with Crippen molar-refractivity contribution in [3.8, 4) is 0 Å². The van der Waals surface area contributed by atoms with E-state index in [-0.39, 0.29) is 24.2 Å². The van der Waals surface area contributed by atoms with Crippen LogP contribution in [-0.2, 0) is 9.47 Å². The molecule has 0 radical (unpaired) electrons. The molecule has 2 aliphatic rings. The summed E-state index contributed by atoms with van der Waals surface area (Å²) in [4.78, 5) is 14.1. The van der Waals surface area contributed by atoms with Gasteiger partial charge in [0.2, 0.25) is 0 Å². The van der Waals surface area contributed by atoms with Crippen molar-refractivity contribution in [2.75, 3.05) is 13.2 Å². The van der Waals surface area contributed by atoms with E-state index in [9.17, 15) is 4.79 Å². The molecule has 0 bridgehead atoms. The quantitative estimate of drug-likeness (QED) is 0.903. The average molecular weight is 281 g/mol. The maximum atomic E-state index is 12.1. The fraction of sp³-hybridized carbons (Fsp3) is 0.643. The third kappa shape index (κ3) is 2.99. The average Bonchev–Trinajstić information content (AvgIpc) is 2.85. The molecule has 0 spiro atoms. The molecule has 2 fully saturated rings. The summed E-state index contributed by atoms with van der Waals surface area (Å²) in [6.07, 6.45) is 3.18. The Morgan fingerprint density at radius 1 is 1.26 bits per heavy atom. The summed E-state index contributed by atoms with van der Waals surface area (Å²) >= 11 is 1.54. The van der Waals surface area contributed by atoms with Crippen molar-refractivity contribution in [2.45, 2.75) is 44.4 Å². The van der Waals surface area contributed by atoms with Crippen LogP contribution in [0.1, 0.15) is 33.8 Å². The molecule has 104 valence electrons. The Bertz CT molecular complexity index is 459. The van der Waals surface area contributed by atoms with Crippen LogP contribution in [0.15, 0.2) is 12.1 Å². The number of carbonyl (C=O) groups excluding carboxylic acids is 1. The highest BCUT2D eigenvalue weighted by atomic mass is 32.1. The summed E-state index contributed by atoms with van der Waals surface area (Å²) in [5.74, 6) is 0.0401. The first-order valence-corrected chi connectivity index (χ1v) is 7.64. The third-order valence-corrected chi connectivity index (χ3v) is 4.78. The predicted molar refractivity (Wildman–Crippen MR) is 73.6 cm³/mol. The Labute approximate surface area is 117 Å². The monoisotopic (exact) mass is 281 g/mol. The first-order valence-electron chi connectivity index (χ1n) is 6.83.